The van der Waals surface area contributed by atoms with Gasteiger partial charge in [0.2, 0.25) is 0 Å². The number of hydrogen-bond donors (Lipinski definition) is 0. The fourth-order valence-electron chi connectivity index (χ4n) is 5.06. The quantitative estimate of drug-likeness (QED) is 0.455. The Bertz CT molecular complexity index is 1050. The van der Waals surface area contributed by atoms with Gasteiger partial charge >= 0.3 is 184 Å². The third-order valence-electron chi connectivity index (χ3n) is 6.37. The molecule has 0 saturated carbocycles. The van der Waals surface area contributed by atoms with Crippen LogP contribution in [0.5, 0.6) is 0 Å². The Morgan fingerprint density at radius 1 is 0.710 bits per heavy atom. The number of carbonyl (C=O) groups is 1. The molecular formula is C27H25N2OP. The molecule has 0 N–H and O–H groups in total. The number of anilines is 1. The van der Waals surface area contributed by atoms with Crippen molar-refractivity contribution in [2.45, 2.75) is 12.1 Å². The van der Waals surface area contributed by atoms with E-state index in [1.807, 2.05) is 17.0 Å². The van der Waals surface area contributed by atoms with Gasteiger partial charge in [-0.3, -0.25) is 0 Å². The summed E-state index contributed by atoms with van der Waals surface area (Å²) in [5, 5.41) is 3.83. The second kappa shape index (κ2) is 8.45. The summed E-state index contributed by atoms with van der Waals surface area (Å²) in [5.74, 6) is 0.205. The molecule has 1 aliphatic rings. The van der Waals surface area contributed by atoms with Crippen molar-refractivity contribution in [1.29, 1.82) is 0 Å². The molecule has 0 aliphatic carbocycles. The Hall–Kier alpha value is -3.29. The van der Waals surface area contributed by atoms with Gasteiger partial charge in [0.15, 0.2) is 0 Å². The fraction of sp³-hybridized carbons (Fsp3) is 0.111. The minimum atomic E-state index is -2.64. The van der Waals surface area contributed by atoms with E-state index in [-0.39, 0.29) is 11.6 Å². The summed E-state index contributed by atoms with van der Waals surface area (Å²) in [6.45, 7) is 0.719. The van der Waals surface area contributed by atoms with Crippen molar-refractivity contribution in [2.24, 2.45) is 0 Å². The van der Waals surface area contributed by atoms with Crippen LogP contribution in [0.25, 0.3) is 0 Å². The summed E-state index contributed by atoms with van der Waals surface area (Å²) in [7, 11) is -2.64. The molecule has 2 heterocycles. The Kier molecular flexibility index (Phi) is 5.36. The molecule has 1 aliphatic heterocycles. The van der Waals surface area contributed by atoms with Crippen LogP contribution >= 0.6 is 7.26 Å². The molecule has 1 atom stereocenters. The van der Waals surface area contributed by atoms with Crippen molar-refractivity contribution in [1.82, 2.24) is 4.98 Å². The number of hydrogen-bond acceptors (Lipinski definition) is 2. The standard InChI is InChI=1S/C27H25N2OP/c30-27-26(18-20-29(27)22-11-10-19-28-21-22)31(23-12-4-1-5-13-23,24-14-6-2-7-15-24)25-16-8-3-9-17-25/h1-17,19,21,26,31H,18,20H2/t26-/m1/s1. The topological polar surface area (TPSA) is 33.2 Å². The SMILES string of the molecule is O=C1[C@H]([PH](c2ccccc2)(c2ccccc2)c2ccccc2)CCN1c1cccnc1. The van der Waals surface area contributed by atoms with Gasteiger partial charge in [0.05, 0.1) is 0 Å². The third kappa shape index (κ3) is 3.36. The first-order chi connectivity index (χ1) is 15.3. The van der Waals surface area contributed by atoms with Crippen LogP contribution < -0.4 is 20.8 Å². The predicted molar refractivity (Wildman–Crippen MR) is 132 cm³/mol. The molecular weight excluding hydrogens is 399 g/mol. The molecule has 0 unspecified atom stereocenters. The zero-order chi connectivity index (χ0) is 21.1. The molecule has 1 aromatic heterocycles. The van der Waals surface area contributed by atoms with E-state index >= 15 is 0 Å². The third-order valence-corrected chi connectivity index (χ3v) is 11.7. The summed E-state index contributed by atoms with van der Waals surface area (Å²) >= 11 is 0. The van der Waals surface area contributed by atoms with Crippen LogP contribution in [0, 0.1) is 0 Å². The van der Waals surface area contributed by atoms with Gasteiger partial charge in [-0.1, -0.05) is 0 Å². The van der Waals surface area contributed by atoms with Gasteiger partial charge in [-0.05, 0) is 0 Å². The van der Waals surface area contributed by atoms with Crippen LogP contribution in [0.1, 0.15) is 6.42 Å². The summed E-state index contributed by atoms with van der Waals surface area (Å²) < 4.78 is 0. The first-order valence-electron chi connectivity index (χ1n) is 10.7. The molecule has 1 amide bonds. The van der Waals surface area contributed by atoms with E-state index in [1.54, 1.807) is 12.4 Å². The van der Waals surface area contributed by atoms with Crippen molar-refractivity contribution in [3.8, 4) is 0 Å². The molecule has 0 spiro atoms. The van der Waals surface area contributed by atoms with Gasteiger partial charge in [0, 0.05) is 0 Å². The van der Waals surface area contributed by atoms with Crippen LogP contribution in [-0.4, -0.2) is 23.1 Å². The van der Waals surface area contributed by atoms with Crippen molar-refractivity contribution >= 4 is 34.8 Å². The Morgan fingerprint density at radius 2 is 1.23 bits per heavy atom. The number of nitrogens with zero attached hydrogens (tertiary/aromatic N) is 2. The monoisotopic (exact) mass is 424 g/mol. The number of rotatable bonds is 5. The van der Waals surface area contributed by atoms with E-state index in [9.17, 15) is 4.79 Å². The molecule has 1 fully saturated rings. The van der Waals surface area contributed by atoms with Gasteiger partial charge in [-0.2, -0.15) is 0 Å². The van der Waals surface area contributed by atoms with E-state index in [0.29, 0.717) is 0 Å². The second-order valence-electron chi connectivity index (χ2n) is 7.95. The van der Waals surface area contributed by atoms with E-state index in [1.165, 1.54) is 15.9 Å². The maximum absolute atomic E-state index is 14.0. The normalized spacial score (nSPS) is 17.0. The maximum atomic E-state index is 14.0. The molecule has 31 heavy (non-hydrogen) atoms. The number of benzene rings is 3. The number of carbonyl (C=O) groups excluding carboxylic acids is 1. The van der Waals surface area contributed by atoms with Gasteiger partial charge in [0.1, 0.15) is 0 Å². The van der Waals surface area contributed by atoms with Crippen LogP contribution in [-0.2, 0) is 4.79 Å². The molecule has 4 aromatic rings. The Labute approximate surface area is 183 Å². The molecule has 0 bridgehead atoms. The van der Waals surface area contributed by atoms with Crippen LogP contribution in [0.3, 0.4) is 0 Å². The Balaban J connectivity index is 1.74. The zero-order valence-electron chi connectivity index (χ0n) is 17.3. The summed E-state index contributed by atoms with van der Waals surface area (Å²) in [5.41, 5.74) is 0.798. The molecule has 4 heteroatoms. The molecule has 3 nitrogen and oxygen atoms in total. The van der Waals surface area contributed by atoms with E-state index in [4.69, 9.17) is 0 Å². The second-order valence-corrected chi connectivity index (χ2v) is 12.0. The molecule has 3 aromatic carbocycles. The number of amides is 1. The Morgan fingerprint density at radius 3 is 1.68 bits per heavy atom. The minimum absolute atomic E-state index is 0.0834. The first kappa shape index (κ1) is 19.7. The summed E-state index contributed by atoms with van der Waals surface area (Å²) in [6.07, 6.45) is 4.37. The average Bonchev–Trinajstić information content (AvgIpc) is 3.24. The van der Waals surface area contributed by atoms with E-state index in [0.717, 1.165) is 18.7 Å². The van der Waals surface area contributed by atoms with Crippen molar-refractivity contribution in [3.63, 3.8) is 0 Å². The van der Waals surface area contributed by atoms with Gasteiger partial charge in [-0.25, -0.2) is 0 Å². The zero-order valence-corrected chi connectivity index (χ0v) is 18.3. The van der Waals surface area contributed by atoms with Crippen molar-refractivity contribution in [3.05, 3.63) is 116 Å². The van der Waals surface area contributed by atoms with Crippen molar-refractivity contribution in [2.75, 3.05) is 11.4 Å². The van der Waals surface area contributed by atoms with E-state index in [2.05, 4.69) is 96.0 Å². The van der Waals surface area contributed by atoms with Crippen LogP contribution in [0.2, 0.25) is 0 Å². The van der Waals surface area contributed by atoms with Gasteiger partial charge < -0.3 is 0 Å². The number of aromatic nitrogens is 1. The fourth-order valence-corrected chi connectivity index (χ4v) is 10.5. The van der Waals surface area contributed by atoms with Gasteiger partial charge in [-0.15, -0.1) is 0 Å². The molecule has 5 rings (SSSR count). The van der Waals surface area contributed by atoms with E-state index < -0.39 is 7.26 Å². The molecule has 1 saturated heterocycles. The molecule has 0 radical (unpaired) electrons. The van der Waals surface area contributed by atoms with Crippen LogP contribution in [0.4, 0.5) is 5.69 Å². The first-order valence-corrected chi connectivity index (χ1v) is 12.8. The number of pyridine rings is 1. The van der Waals surface area contributed by atoms with Crippen molar-refractivity contribution < 1.29 is 4.79 Å². The molecule has 154 valence electrons. The van der Waals surface area contributed by atoms with Crippen LogP contribution in [0.15, 0.2) is 116 Å². The van der Waals surface area contributed by atoms with Gasteiger partial charge in [0.25, 0.3) is 0 Å². The predicted octanol–water partition coefficient (Wildman–Crippen LogP) is 3.91. The summed E-state index contributed by atoms with van der Waals surface area (Å²) in [6, 6.07) is 35.9. The summed E-state index contributed by atoms with van der Waals surface area (Å²) in [4.78, 5) is 20.2. The average molecular weight is 424 g/mol.